The molecule has 0 aliphatic heterocycles. The summed E-state index contributed by atoms with van der Waals surface area (Å²) in [7, 11) is 0. The maximum absolute atomic E-state index is 4.17. The first-order valence-electron chi connectivity index (χ1n) is 7.43. The molecule has 0 aromatic heterocycles. The summed E-state index contributed by atoms with van der Waals surface area (Å²) < 4.78 is 0. The summed E-state index contributed by atoms with van der Waals surface area (Å²) in [6.45, 7) is 19.3. The Morgan fingerprint density at radius 3 is 2.26 bits per heavy atom. The van der Waals surface area contributed by atoms with Crippen LogP contribution in [0.1, 0.15) is 48.0 Å². The van der Waals surface area contributed by atoms with E-state index in [1.807, 2.05) is 0 Å². The third-order valence-electron chi connectivity index (χ3n) is 3.14. The predicted molar refractivity (Wildman–Crippen MR) is 88.2 cm³/mol. The Labute approximate surface area is 120 Å². The minimum Gasteiger partial charge on any atom is -0.372 e. The zero-order valence-corrected chi connectivity index (χ0v) is 13.7. The molecular weight excluding hydrogens is 230 g/mol. The van der Waals surface area contributed by atoms with E-state index in [4.69, 9.17) is 0 Å². The van der Waals surface area contributed by atoms with Crippen LogP contribution in [0, 0.1) is 5.92 Å². The van der Waals surface area contributed by atoms with Crippen molar-refractivity contribution in [1.82, 2.24) is 4.90 Å². The fourth-order valence-corrected chi connectivity index (χ4v) is 1.91. The van der Waals surface area contributed by atoms with Crippen LogP contribution in [0.5, 0.6) is 0 Å². The van der Waals surface area contributed by atoms with Crippen LogP contribution < -0.4 is 0 Å². The van der Waals surface area contributed by atoms with Gasteiger partial charge in [0.15, 0.2) is 0 Å². The van der Waals surface area contributed by atoms with Crippen LogP contribution in [0.4, 0.5) is 0 Å². The molecule has 0 rings (SSSR count). The molecule has 1 heteroatoms. The van der Waals surface area contributed by atoms with Gasteiger partial charge in [0, 0.05) is 18.8 Å². The molecule has 0 fully saturated rings. The van der Waals surface area contributed by atoms with E-state index in [-0.39, 0.29) is 0 Å². The lowest BCUT2D eigenvalue weighted by molar-refractivity contribution is 0.375. The molecule has 0 amide bonds. The van der Waals surface area contributed by atoms with E-state index in [2.05, 4.69) is 77.3 Å². The van der Waals surface area contributed by atoms with E-state index in [0.717, 1.165) is 25.2 Å². The van der Waals surface area contributed by atoms with Crippen LogP contribution in [0.25, 0.3) is 0 Å². The monoisotopic (exact) mass is 261 g/mol. The molecule has 0 aliphatic rings. The molecule has 1 nitrogen and oxygen atoms in total. The summed E-state index contributed by atoms with van der Waals surface area (Å²) in [4.78, 5) is 2.31. The summed E-state index contributed by atoms with van der Waals surface area (Å²) in [5.74, 6) is 0.556. The molecule has 0 aromatic carbocycles. The van der Waals surface area contributed by atoms with Crippen molar-refractivity contribution in [2.45, 2.75) is 48.0 Å². The highest BCUT2D eigenvalue weighted by atomic mass is 15.1. The van der Waals surface area contributed by atoms with E-state index < -0.39 is 0 Å². The number of nitrogens with zero attached hydrogens (tertiary/aromatic N) is 1. The van der Waals surface area contributed by atoms with Crippen LogP contribution in [0.2, 0.25) is 0 Å². The van der Waals surface area contributed by atoms with Gasteiger partial charge in [0.25, 0.3) is 0 Å². The van der Waals surface area contributed by atoms with Crippen LogP contribution >= 0.6 is 0 Å². The molecule has 0 N–H and O–H groups in total. The van der Waals surface area contributed by atoms with Crippen molar-refractivity contribution in [3.05, 3.63) is 47.7 Å². The minimum absolute atomic E-state index is 0.556. The molecule has 0 aromatic rings. The van der Waals surface area contributed by atoms with Gasteiger partial charge in [-0.2, -0.15) is 0 Å². The fraction of sp³-hybridized carbons (Fsp3) is 0.556. The van der Waals surface area contributed by atoms with E-state index >= 15 is 0 Å². The standard InChI is InChI=1S/C18H31N/c1-8-13-19(10-3)17(7)11-12-18(14-15(4)5)16(6)9-2/h9,11-12,14-15H,7-8,10,13H2,1-6H3/b12-11-,16-9?,18-14-. The number of likely N-dealkylation sites (N-methyl/N-ethyl adjacent to an activating group) is 1. The quantitative estimate of drug-likeness (QED) is 0.533. The minimum atomic E-state index is 0.556. The topological polar surface area (TPSA) is 3.24 Å². The van der Waals surface area contributed by atoms with Gasteiger partial charge in [0.05, 0.1) is 0 Å². The smallest absolute Gasteiger partial charge is 0.0293 e. The molecule has 0 radical (unpaired) electrons. The van der Waals surface area contributed by atoms with Gasteiger partial charge >= 0.3 is 0 Å². The van der Waals surface area contributed by atoms with Gasteiger partial charge in [-0.05, 0) is 50.3 Å². The second kappa shape index (κ2) is 9.66. The number of allylic oxidation sites excluding steroid dienone is 6. The molecule has 108 valence electrons. The van der Waals surface area contributed by atoms with Gasteiger partial charge in [-0.15, -0.1) is 0 Å². The Bertz CT molecular complexity index is 356. The zero-order chi connectivity index (χ0) is 14.8. The fourth-order valence-electron chi connectivity index (χ4n) is 1.91. The Morgan fingerprint density at radius 1 is 1.21 bits per heavy atom. The van der Waals surface area contributed by atoms with Gasteiger partial charge in [-0.3, -0.25) is 0 Å². The first-order chi connectivity index (χ1) is 8.96. The van der Waals surface area contributed by atoms with Gasteiger partial charge in [-0.1, -0.05) is 45.6 Å². The highest BCUT2D eigenvalue weighted by Crippen LogP contribution is 2.16. The average Bonchev–Trinajstić information content (AvgIpc) is 2.38. The molecule has 0 atom stereocenters. The number of hydrogen-bond acceptors (Lipinski definition) is 1. The third kappa shape index (κ3) is 7.05. The lowest BCUT2D eigenvalue weighted by atomic mass is 10.0. The molecule has 0 unspecified atom stereocenters. The molecule has 19 heavy (non-hydrogen) atoms. The summed E-state index contributed by atoms with van der Waals surface area (Å²) in [6, 6.07) is 0. The highest BCUT2D eigenvalue weighted by Gasteiger charge is 2.02. The Kier molecular flexibility index (Phi) is 9.03. The highest BCUT2D eigenvalue weighted by molar-refractivity contribution is 5.40. The largest absolute Gasteiger partial charge is 0.372 e. The van der Waals surface area contributed by atoms with Gasteiger partial charge < -0.3 is 4.90 Å². The Balaban J connectivity index is 4.94. The summed E-state index contributed by atoms with van der Waals surface area (Å²) in [5, 5.41) is 0. The van der Waals surface area contributed by atoms with Crippen LogP contribution in [-0.4, -0.2) is 18.0 Å². The molecule has 0 bridgehead atoms. The Morgan fingerprint density at radius 2 is 1.84 bits per heavy atom. The number of rotatable bonds is 8. The molecule has 0 saturated heterocycles. The molecule has 0 saturated carbocycles. The second-order valence-corrected chi connectivity index (χ2v) is 5.24. The third-order valence-corrected chi connectivity index (χ3v) is 3.14. The summed E-state index contributed by atoms with van der Waals surface area (Å²) >= 11 is 0. The molecule has 0 aliphatic carbocycles. The van der Waals surface area contributed by atoms with Crippen LogP contribution in [-0.2, 0) is 0 Å². The Hall–Kier alpha value is -1.24. The maximum Gasteiger partial charge on any atom is 0.0293 e. The molecular formula is C18H31N. The van der Waals surface area contributed by atoms with E-state index in [1.165, 1.54) is 11.1 Å². The van der Waals surface area contributed by atoms with Crippen LogP contribution in [0.3, 0.4) is 0 Å². The average molecular weight is 261 g/mol. The van der Waals surface area contributed by atoms with E-state index in [9.17, 15) is 0 Å². The summed E-state index contributed by atoms with van der Waals surface area (Å²) in [5.41, 5.74) is 3.71. The van der Waals surface area contributed by atoms with Crippen molar-refractivity contribution in [2.24, 2.45) is 5.92 Å². The van der Waals surface area contributed by atoms with Gasteiger partial charge in [0.2, 0.25) is 0 Å². The van der Waals surface area contributed by atoms with Crippen molar-refractivity contribution in [3.63, 3.8) is 0 Å². The second-order valence-electron chi connectivity index (χ2n) is 5.24. The maximum atomic E-state index is 4.17. The zero-order valence-electron chi connectivity index (χ0n) is 13.7. The first kappa shape index (κ1) is 17.8. The lowest BCUT2D eigenvalue weighted by Crippen LogP contribution is -2.21. The van der Waals surface area contributed by atoms with Crippen molar-refractivity contribution in [2.75, 3.05) is 13.1 Å². The van der Waals surface area contributed by atoms with E-state index in [0.29, 0.717) is 5.92 Å². The van der Waals surface area contributed by atoms with E-state index in [1.54, 1.807) is 0 Å². The SMILES string of the molecule is C=C(/C=C\C(=C\C(C)C)C(C)=CC)N(CC)CCC. The van der Waals surface area contributed by atoms with Crippen molar-refractivity contribution in [3.8, 4) is 0 Å². The predicted octanol–water partition coefficient (Wildman–Crippen LogP) is 5.34. The first-order valence-corrected chi connectivity index (χ1v) is 7.43. The van der Waals surface area contributed by atoms with Crippen molar-refractivity contribution >= 4 is 0 Å². The van der Waals surface area contributed by atoms with Crippen molar-refractivity contribution in [1.29, 1.82) is 0 Å². The normalized spacial score (nSPS) is 13.4. The summed E-state index contributed by atoms with van der Waals surface area (Å²) in [6.07, 6.45) is 9.94. The lowest BCUT2D eigenvalue weighted by Gasteiger charge is -2.22. The van der Waals surface area contributed by atoms with Crippen LogP contribution in [0.15, 0.2) is 47.7 Å². The van der Waals surface area contributed by atoms with Gasteiger partial charge in [0.1, 0.15) is 0 Å². The van der Waals surface area contributed by atoms with Gasteiger partial charge in [-0.25, -0.2) is 0 Å². The van der Waals surface area contributed by atoms with Crippen molar-refractivity contribution < 1.29 is 0 Å². The molecule has 0 heterocycles. The number of hydrogen-bond donors (Lipinski definition) is 0. The molecule has 0 spiro atoms.